The van der Waals surface area contributed by atoms with Crippen molar-refractivity contribution in [3.63, 3.8) is 0 Å². The lowest BCUT2D eigenvalue weighted by Crippen LogP contribution is -2.37. The molecule has 8 nitrogen and oxygen atoms in total. The number of phosphoric ester groups is 1. The van der Waals surface area contributed by atoms with Crippen LogP contribution in [0.5, 0.6) is 0 Å². The molecule has 0 bridgehead atoms. The van der Waals surface area contributed by atoms with E-state index in [1.54, 1.807) is 0 Å². The molecule has 0 aliphatic rings. The third kappa shape index (κ3) is 51.2. The molecule has 0 saturated carbocycles. The molecule has 2 atom stereocenters. The highest BCUT2D eigenvalue weighted by Gasteiger charge is 2.26. The SMILES string of the molecule is CCCCCC/C=C\C/C=C\CCCCCCCCCCOCC(COP(=O)(O)OCC[N+](C)(C)C)OC(=O)CCCCCCCCCC/C=C\C/C=C\C/C=C\CCCCCCC. The molecule has 0 fully saturated rings. The van der Waals surface area contributed by atoms with Gasteiger partial charge in [-0.25, -0.2) is 4.57 Å². The van der Waals surface area contributed by atoms with Crippen LogP contribution in [0.3, 0.4) is 0 Å². The van der Waals surface area contributed by atoms with E-state index in [1.807, 2.05) is 21.1 Å². The standard InChI is InChI=1S/C55H102NO7P/c1-6-8-10-12-14-16-18-20-22-24-26-27-28-29-30-32-34-36-38-40-42-44-46-48-55(57)63-54(53-62-64(58,59)61-51-49-56(3,4)5)52-60-50-47-45-43-41-39-37-35-33-31-25-23-21-19-17-15-13-11-9-7-2/h17-20,23-26,28-29,54H,6-16,21-22,27,30-53H2,1-5H3/p+1/b19-17-,20-18-,25-23-,26-24-,29-28-. The van der Waals surface area contributed by atoms with Crippen LogP contribution in [0.15, 0.2) is 60.8 Å². The second kappa shape index (κ2) is 47.7. The summed E-state index contributed by atoms with van der Waals surface area (Å²) < 4.78 is 35.2. The zero-order chi connectivity index (χ0) is 46.9. The van der Waals surface area contributed by atoms with E-state index in [1.165, 1.54) is 148 Å². The number of quaternary nitrogens is 1. The fourth-order valence-corrected chi connectivity index (χ4v) is 7.92. The summed E-state index contributed by atoms with van der Waals surface area (Å²) in [4.78, 5) is 23.0. The summed E-state index contributed by atoms with van der Waals surface area (Å²) in [5.41, 5.74) is 0. The number of nitrogens with zero attached hydrogens (tertiary/aromatic N) is 1. The van der Waals surface area contributed by atoms with Crippen molar-refractivity contribution in [2.45, 2.75) is 232 Å². The monoisotopic (exact) mass is 921 g/mol. The van der Waals surface area contributed by atoms with Crippen molar-refractivity contribution in [2.24, 2.45) is 0 Å². The first kappa shape index (κ1) is 62.2. The van der Waals surface area contributed by atoms with Crippen LogP contribution < -0.4 is 0 Å². The maximum absolute atomic E-state index is 12.8. The second-order valence-corrected chi connectivity index (χ2v) is 20.4. The number of allylic oxidation sites excluding steroid dienone is 10. The van der Waals surface area contributed by atoms with Crippen LogP contribution in [0.4, 0.5) is 0 Å². The van der Waals surface area contributed by atoms with Gasteiger partial charge in [0.05, 0.1) is 34.4 Å². The predicted octanol–water partition coefficient (Wildman–Crippen LogP) is 16.4. The first-order valence-electron chi connectivity index (χ1n) is 26.5. The molecule has 2 unspecified atom stereocenters. The summed E-state index contributed by atoms with van der Waals surface area (Å²) in [6, 6.07) is 0. The van der Waals surface area contributed by atoms with E-state index in [9.17, 15) is 14.3 Å². The van der Waals surface area contributed by atoms with Crippen molar-refractivity contribution < 1.29 is 37.3 Å². The average molecular weight is 921 g/mol. The van der Waals surface area contributed by atoms with Gasteiger partial charge in [-0.3, -0.25) is 13.8 Å². The minimum Gasteiger partial charge on any atom is -0.457 e. The maximum Gasteiger partial charge on any atom is 0.472 e. The molecular weight excluding hydrogens is 818 g/mol. The zero-order valence-electron chi connectivity index (χ0n) is 42.5. The fraction of sp³-hybridized carbons (Fsp3) is 0.800. The van der Waals surface area contributed by atoms with Gasteiger partial charge in [0.1, 0.15) is 19.3 Å². The lowest BCUT2D eigenvalue weighted by atomic mass is 10.1. The second-order valence-electron chi connectivity index (χ2n) is 18.9. The highest BCUT2D eigenvalue weighted by Crippen LogP contribution is 2.43. The minimum atomic E-state index is -4.29. The topological polar surface area (TPSA) is 91.3 Å². The first-order valence-corrected chi connectivity index (χ1v) is 28.0. The Hall–Kier alpha value is -1.80. The Bertz CT molecular complexity index is 1210. The van der Waals surface area contributed by atoms with Crippen molar-refractivity contribution in [3.8, 4) is 0 Å². The van der Waals surface area contributed by atoms with Gasteiger partial charge in [-0.15, -0.1) is 0 Å². The Morgan fingerprint density at radius 3 is 1.30 bits per heavy atom. The van der Waals surface area contributed by atoms with E-state index < -0.39 is 13.9 Å². The van der Waals surface area contributed by atoms with Gasteiger partial charge >= 0.3 is 13.8 Å². The van der Waals surface area contributed by atoms with E-state index in [-0.39, 0.29) is 25.8 Å². The highest BCUT2D eigenvalue weighted by atomic mass is 31.2. The Balaban J connectivity index is 4.17. The van der Waals surface area contributed by atoms with Crippen molar-refractivity contribution in [2.75, 3.05) is 54.1 Å². The van der Waals surface area contributed by atoms with Gasteiger partial charge in [-0.2, -0.15) is 0 Å². The lowest BCUT2D eigenvalue weighted by Gasteiger charge is -2.24. The Morgan fingerprint density at radius 1 is 0.484 bits per heavy atom. The molecule has 0 aliphatic carbocycles. The van der Waals surface area contributed by atoms with Gasteiger partial charge in [0.2, 0.25) is 0 Å². The number of carbonyl (C=O) groups excluding carboxylic acids is 1. The highest BCUT2D eigenvalue weighted by molar-refractivity contribution is 7.47. The summed E-state index contributed by atoms with van der Waals surface area (Å²) in [5, 5.41) is 0. The molecule has 0 rings (SSSR count). The van der Waals surface area contributed by atoms with Crippen LogP contribution >= 0.6 is 7.82 Å². The summed E-state index contributed by atoms with van der Waals surface area (Å²) in [6.07, 6.45) is 61.2. The molecule has 0 aromatic heterocycles. The normalized spacial score (nSPS) is 14.0. The Kier molecular flexibility index (Phi) is 46.3. The molecule has 0 heterocycles. The van der Waals surface area contributed by atoms with Gasteiger partial charge in [-0.1, -0.05) is 197 Å². The van der Waals surface area contributed by atoms with E-state index in [0.29, 0.717) is 24.1 Å². The largest absolute Gasteiger partial charge is 0.472 e. The van der Waals surface area contributed by atoms with Crippen molar-refractivity contribution >= 4 is 13.8 Å². The average Bonchev–Trinajstić information content (AvgIpc) is 3.25. The molecule has 0 amide bonds. The number of hydrogen-bond donors (Lipinski definition) is 1. The number of unbranched alkanes of at least 4 members (excludes halogenated alkanes) is 25. The number of esters is 1. The van der Waals surface area contributed by atoms with Crippen LogP contribution in [0.1, 0.15) is 226 Å². The summed E-state index contributed by atoms with van der Waals surface area (Å²) >= 11 is 0. The molecule has 374 valence electrons. The van der Waals surface area contributed by atoms with Gasteiger partial charge in [0.25, 0.3) is 0 Å². The number of hydrogen-bond acceptors (Lipinski definition) is 6. The van der Waals surface area contributed by atoms with Crippen LogP contribution in [0, 0.1) is 0 Å². The van der Waals surface area contributed by atoms with Crippen LogP contribution in [0.25, 0.3) is 0 Å². The lowest BCUT2D eigenvalue weighted by molar-refractivity contribution is -0.870. The van der Waals surface area contributed by atoms with Gasteiger partial charge in [0, 0.05) is 13.0 Å². The summed E-state index contributed by atoms with van der Waals surface area (Å²) in [7, 11) is 1.66. The van der Waals surface area contributed by atoms with E-state index >= 15 is 0 Å². The van der Waals surface area contributed by atoms with Gasteiger partial charge in [0.15, 0.2) is 0 Å². The first-order chi connectivity index (χ1) is 31.1. The Labute approximate surface area is 396 Å². The minimum absolute atomic E-state index is 0.0836. The predicted molar refractivity (Wildman–Crippen MR) is 275 cm³/mol. The van der Waals surface area contributed by atoms with Crippen LogP contribution in [0.2, 0.25) is 0 Å². The van der Waals surface area contributed by atoms with E-state index in [4.69, 9.17) is 18.5 Å². The third-order valence-electron chi connectivity index (χ3n) is 11.3. The molecule has 9 heteroatoms. The third-order valence-corrected chi connectivity index (χ3v) is 12.3. The van der Waals surface area contributed by atoms with E-state index in [2.05, 4.69) is 74.6 Å². The maximum atomic E-state index is 12.8. The zero-order valence-corrected chi connectivity index (χ0v) is 43.4. The van der Waals surface area contributed by atoms with Crippen molar-refractivity contribution in [1.82, 2.24) is 0 Å². The number of ether oxygens (including phenoxy) is 2. The van der Waals surface area contributed by atoms with E-state index in [0.717, 1.165) is 57.8 Å². The quantitative estimate of drug-likeness (QED) is 0.0214. The molecule has 0 aromatic carbocycles. The summed E-state index contributed by atoms with van der Waals surface area (Å²) in [6.45, 7) is 5.59. The smallest absolute Gasteiger partial charge is 0.457 e. The molecule has 0 radical (unpaired) electrons. The van der Waals surface area contributed by atoms with Gasteiger partial charge in [-0.05, 0) is 83.5 Å². The molecule has 0 saturated heterocycles. The number of carbonyl (C=O) groups is 1. The van der Waals surface area contributed by atoms with Crippen LogP contribution in [-0.4, -0.2) is 75.6 Å². The van der Waals surface area contributed by atoms with Crippen LogP contribution in [-0.2, 0) is 27.9 Å². The molecule has 64 heavy (non-hydrogen) atoms. The van der Waals surface area contributed by atoms with Crippen molar-refractivity contribution in [3.05, 3.63) is 60.8 Å². The fourth-order valence-electron chi connectivity index (χ4n) is 7.18. The molecule has 1 N–H and O–H groups in total. The molecule has 0 aromatic rings. The molecule has 0 aliphatic heterocycles. The molecule has 0 spiro atoms. The molecular formula is C55H103NO7P+. The number of rotatable bonds is 49. The number of likely N-dealkylation sites (N-methyl/N-ethyl adjacent to an activating group) is 1. The van der Waals surface area contributed by atoms with Crippen molar-refractivity contribution in [1.29, 1.82) is 0 Å². The summed E-state index contributed by atoms with van der Waals surface area (Å²) in [5.74, 6) is -0.323. The van der Waals surface area contributed by atoms with Gasteiger partial charge < -0.3 is 18.9 Å². The Morgan fingerprint density at radius 2 is 0.859 bits per heavy atom. The number of phosphoric acid groups is 1.